The average Bonchev–Trinajstić information content (AvgIpc) is 2.85. The van der Waals surface area contributed by atoms with Gasteiger partial charge >= 0.3 is 0 Å². The first kappa shape index (κ1) is 15.0. The van der Waals surface area contributed by atoms with Crippen LogP contribution in [0.25, 0.3) is 0 Å². The van der Waals surface area contributed by atoms with Crippen molar-refractivity contribution < 1.29 is 13.7 Å². The van der Waals surface area contributed by atoms with Gasteiger partial charge in [0.05, 0.1) is 11.9 Å². The fraction of sp³-hybridized carbons (Fsp3) is 0.500. The summed E-state index contributed by atoms with van der Waals surface area (Å²) in [5.41, 5.74) is 7.91. The summed E-state index contributed by atoms with van der Waals surface area (Å²) in [6.07, 6.45) is 1.99. The van der Waals surface area contributed by atoms with Crippen molar-refractivity contribution in [1.82, 2.24) is 0 Å². The molecule has 0 aliphatic carbocycles. The Hall–Kier alpha value is -1.40. The summed E-state index contributed by atoms with van der Waals surface area (Å²) >= 11 is 0. The molecule has 1 aliphatic rings. The van der Waals surface area contributed by atoms with Crippen LogP contribution in [0.5, 0.6) is 0 Å². The maximum Gasteiger partial charge on any atom is 0.236 e. The van der Waals surface area contributed by atoms with Gasteiger partial charge in [0, 0.05) is 28.8 Å². The van der Waals surface area contributed by atoms with Crippen LogP contribution in [0.1, 0.15) is 18.4 Å². The molecule has 1 saturated heterocycles. The minimum Gasteiger partial charge on any atom is -0.399 e. The highest BCUT2D eigenvalue weighted by Crippen LogP contribution is 2.18. The Kier molecular flexibility index (Phi) is 5.14. The van der Waals surface area contributed by atoms with Crippen LogP contribution in [0.15, 0.2) is 18.2 Å². The van der Waals surface area contributed by atoms with Gasteiger partial charge in [-0.25, -0.2) is 0 Å². The summed E-state index contributed by atoms with van der Waals surface area (Å²) < 4.78 is 17.3. The standard InChI is InChI=1S/C14H20N2O3S/c1-10-7-11(15)4-5-13(10)16-14(17)9-20(18)8-12-3-2-6-19-12/h4-5,7,12H,2-3,6,8-9,15H2,1H3,(H,16,17). The van der Waals surface area contributed by atoms with Gasteiger partial charge < -0.3 is 15.8 Å². The molecule has 1 amide bonds. The number of aryl methyl sites for hydroxylation is 1. The molecule has 110 valence electrons. The fourth-order valence-corrected chi connectivity index (χ4v) is 3.36. The topological polar surface area (TPSA) is 81.4 Å². The monoisotopic (exact) mass is 296 g/mol. The summed E-state index contributed by atoms with van der Waals surface area (Å²) in [6, 6.07) is 5.27. The lowest BCUT2D eigenvalue weighted by Crippen LogP contribution is -2.25. The number of anilines is 2. The zero-order valence-electron chi connectivity index (χ0n) is 11.6. The van der Waals surface area contributed by atoms with Crippen molar-refractivity contribution in [3.8, 4) is 0 Å². The summed E-state index contributed by atoms with van der Waals surface area (Å²) in [5.74, 6) is 0.201. The van der Waals surface area contributed by atoms with Crippen molar-refractivity contribution in [2.45, 2.75) is 25.9 Å². The van der Waals surface area contributed by atoms with E-state index in [2.05, 4.69) is 5.32 Å². The van der Waals surface area contributed by atoms with Gasteiger partial charge in [-0.05, 0) is 43.5 Å². The molecule has 3 N–H and O–H groups in total. The van der Waals surface area contributed by atoms with Crippen LogP contribution in [-0.4, -0.2) is 34.3 Å². The summed E-state index contributed by atoms with van der Waals surface area (Å²) in [6.45, 7) is 2.61. The first-order chi connectivity index (χ1) is 9.54. The van der Waals surface area contributed by atoms with Crippen LogP contribution in [0, 0.1) is 6.92 Å². The highest BCUT2D eigenvalue weighted by molar-refractivity contribution is 7.85. The maximum atomic E-state index is 11.9. The predicted molar refractivity (Wildman–Crippen MR) is 81.1 cm³/mol. The second-order valence-corrected chi connectivity index (χ2v) is 6.51. The lowest BCUT2D eigenvalue weighted by Gasteiger charge is -2.11. The Morgan fingerprint density at radius 1 is 1.55 bits per heavy atom. The van der Waals surface area contributed by atoms with E-state index in [1.807, 2.05) is 6.92 Å². The van der Waals surface area contributed by atoms with Crippen LogP contribution in [0.4, 0.5) is 11.4 Å². The largest absolute Gasteiger partial charge is 0.399 e. The highest BCUT2D eigenvalue weighted by atomic mass is 32.2. The molecule has 1 fully saturated rings. The lowest BCUT2D eigenvalue weighted by molar-refractivity contribution is -0.113. The SMILES string of the molecule is Cc1cc(N)ccc1NC(=O)CS(=O)CC1CCCO1. The summed E-state index contributed by atoms with van der Waals surface area (Å²) in [7, 11) is -1.19. The normalized spacial score (nSPS) is 19.8. The van der Waals surface area contributed by atoms with E-state index in [-0.39, 0.29) is 17.8 Å². The number of benzene rings is 1. The lowest BCUT2D eigenvalue weighted by atomic mass is 10.2. The molecule has 2 rings (SSSR count). The van der Waals surface area contributed by atoms with Gasteiger partial charge in [0.15, 0.2) is 0 Å². The Morgan fingerprint density at radius 3 is 3.00 bits per heavy atom. The quantitative estimate of drug-likeness (QED) is 0.806. The number of nitrogens with two attached hydrogens (primary N) is 1. The van der Waals surface area contributed by atoms with Crippen molar-refractivity contribution in [2.24, 2.45) is 0 Å². The van der Waals surface area contributed by atoms with Crippen LogP contribution in [-0.2, 0) is 20.3 Å². The van der Waals surface area contributed by atoms with Crippen LogP contribution in [0.2, 0.25) is 0 Å². The van der Waals surface area contributed by atoms with Crippen molar-refractivity contribution >= 4 is 28.1 Å². The number of carbonyl (C=O) groups is 1. The van der Waals surface area contributed by atoms with Gasteiger partial charge in [-0.15, -0.1) is 0 Å². The summed E-state index contributed by atoms with van der Waals surface area (Å²) in [4.78, 5) is 11.9. The molecule has 2 atom stereocenters. The van der Waals surface area contributed by atoms with E-state index in [0.29, 0.717) is 17.1 Å². The van der Waals surface area contributed by atoms with Crippen molar-refractivity contribution in [1.29, 1.82) is 0 Å². The molecule has 0 spiro atoms. The molecule has 20 heavy (non-hydrogen) atoms. The molecule has 1 heterocycles. The van der Waals surface area contributed by atoms with E-state index in [1.165, 1.54) is 0 Å². The Bertz CT molecular complexity index is 513. The smallest absolute Gasteiger partial charge is 0.236 e. The van der Waals surface area contributed by atoms with Gasteiger partial charge in [0.1, 0.15) is 5.75 Å². The van der Waals surface area contributed by atoms with Gasteiger partial charge in [0.25, 0.3) is 0 Å². The number of amides is 1. The van der Waals surface area contributed by atoms with Gasteiger partial charge in [-0.2, -0.15) is 0 Å². The van der Waals surface area contributed by atoms with E-state index in [4.69, 9.17) is 10.5 Å². The van der Waals surface area contributed by atoms with Gasteiger partial charge in [0.2, 0.25) is 5.91 Å². The minimum atomic E-state index is -1.19. The fourth-order valence-electron chi connectivity index (χ4n) is 2.20. The first-order valence-electron chi connectivity index (χ1n) is 6.67. The molecule has 1 aromatic rings. The van der Waals surface area contributed by atoms with Crippen LogP contribution >= 0.6 is 0 Å². The Labute approximate surface area is 121 Å². The first-order valence-corrected chi connectivity index (χ1v) is 8.16. The average molecular weight is 296 g/mol. The highest BCUT2D eigenvalue weighted by Gasteiger charge is 2.19. The third-order valence-corrected chi connectivity index (χ3v) is 4.54. The number of hydrogen-bond acceptors (Lipinski definition) is 4. The number of rotatable bonds is 5. The third-order valence-electron chi connectivity index (χ3n) is 3.21. The molecule has 0 bridgehead atoms. The number of nitrogen functional groups attached to an aromatic ring is 1. The van der Waals surface area contributed by atoms with E-state index in [0.717, 1.165) is 25.0 Å². The second-order valence-electron chi connectivity index (χ2n) is 5.01. The molecule has 5 nitrogen and oxygen atoms in total. The number of ether oxygens (including phenoxy) is 1. The molecule has 6 heteroatoms. The number of carbonyl (C=O) groups excluding carboxylic acids is 1. The van der Waals surface area contributed by atoms with E-state index < -0.39 is 10.8 Å². The van der Waals surface area contributed by atoms with E-state index in [9.17, 15) is 9.00 Å². The molecule has 2 unspecified atom stereocenters. The molecule has 0 aromatic heterocycles. The second kappa shape index (κ2) is 6.85. The molecular formula is C14H20N2O3S. The van der Waals surface area contributed by atoms with E-state index in [1.54, 1.807) is 18.2 Å². The Morgan fingerprint density at radius 2 is 2.35 bits per heavy atom. The zero-order chi connectivity index (χ0) is 14.5. The van der Waals surface area contributed by atoms with E-state index >= 15 is 0 Å². The molecule has 1 aromatic carbocycles. The zero-order valence-corrected chi connectivity index (χ0v) is 12.4. The molecule has 0 radical (unpaired) electrons. The van der Waals surface area contributed by atoms with Crippen LogP contribution < -0.4 is 11.1 Å². The molecule has 1 aliphatic heterocycles. The maximum absolute atomic E-state index is 11.9. The predicted octanol–water partition coefficient (Wildman–Crippen LogP) is 1.44. The summed E-state index contributed by atoms with van der Waals surface area (Å²) in [5, 5.41) is 2.76. The van der Waals surface area contributed by atoms with Gasteiger partial charge in [-0.1, -0.05) is 0 Å². The van der Waals surface area contributed by atoms with Gasteiger partial charge in [-0.3, -0.25) is 9.00 Å². The number of nitrogens with one attached hydrogen (secondary N) is 1. The Balaban J connectivity index is 1.83. The van der Waals surface area contributed by atoms with Crippen molar-refractivity contribution in [3.63, 3.8) is 0 Å². The number of hydrogen-bond donors (Lipinski definition) is 2. The molecular weight excluding hydrogens is 276 g/mol. The third kappa shape index (κ3) is 4.31. The van der Waals surface area contributed by atoms with Crippen molar-refractivity contribution in [2.75, 3.05) is 29.2 Å². The minimum absolute atomic E-state index is 0.00365. The van der Waals surface area contributed by atoms with Crippen molar-refractivity contribution in [3.05, 3.63) is 23.8 Å². The van der Waals surface area contributed by atoms with Crippen LogP contribution in [0.3, 0.4) is 0 Å². The molecule has 0 saturated carbocycles.